The Morgan fingerprint density at radius 3 is 2.76 bits per heavy atom. The van der Waals surface area contributed by atoms with E-state index in [1.54, 1.807) is 0 Å². The first-order valence-corrected chi connectivity index (χ1v) is 8.43. The summed E-state index contributed by atoms with van der Waals surface area (Å²) in [4.78, 5) is 12.0. The molecule has 21 heavy (non-hydrogen) atoms. The van der Waals surface area contributed by atoms with Crippen LogP contribution in [0.1, 0.15) is 15.8 Å². The Balaban J connectivity index is 1.69. The quantitative estimate of drug-likeness (QED) is 0.911. The zero-order valence-electron chi connectivity index (χ0n) is 12.8. The molecule has 1 atom stereocenters. The number of nitrogens with zero attached hydrogens (tertiary/aromatic N) is 3. The van der Waals surface area contributed by atoms with Gasteiger partial charge in [0.05, 0.1) is 25.8 Å². The molecular formula is C15H24N4OS. The first-order valence-electron chi connectivity index (χ1n) is 7.61. The summed E-state index contributed by atoms with van der Waals surface area (Å²) < 4.78 is 5.50. The molecule has 1 aromatic heterocycles. The van der Waals surface area contributed by atoms with Gasteiger partial charge in [0.15, 0.2) is 5.96 Å². The molecule has 2 aliphatic heterocycles. The molecule has 0 aromatic carbocycles. The number of likely N-dealkylation sites (N-methyl/N-ethyl adjacent to an activating group) is 1. The summed E-state index contributed by atoms with van der Waals surface area (Å²) in [6, 6.07) is 4.89. The van der Waals surface area contributed by atoms with Crippen LogP contribution >= 0.6 is 11.3 Å². The van der Waals surface area contributed by atoms with Crippen molar-refractivity contribution in [1.29, 1.82) is 0 Å². The molecule has 6 heteroatoms. The summed E-state index contributed by atoms with van der Waals surface area (Å²) in [5, 5.41) is 3.54. The van der Waals surface area contributed by atoms with Gasteiger partial charge in [-0.05, 0) is 19.1 Å². The van der Waals surface area contributed by atoms with Gasteiger partial charge in [0.25, 0.3) is 0 Å². The van der Waals surface area contributed by atoms with Gasteiger partial charge in [-0.1, -0.05) is 0 Å². The average Bonchev–Trinajstić information content (AvgIpc) is 3.10. The number of aliphatic imine (C=N–C) groups is 1. The molecule has 2 aliphatic rings. The van der Waals surface area contributed by atoms with E-state index < -0.39 is 0 Å². The summed E-state index contributed by atoms with van der Waals surface area (Å²) in [6.07, 6.45) is 0. The summed E-state index contributed by atoms with van der Waals surface area (Å²) in [6.45, 7) is 8.68. The van der Waals surface area contributed by atoms with Crippen LogP contribution in [0.3, 0.4) is 0 Å². The minimum absolute atomic E-state index is 0.407. The number of aryl methyl sites for hydroxylation is 1. The molecule has 0 amide bonds. The standard InChI is InChI=1S/C15H24N4OS/c1-12-3-4-14(21-12)13(19-7-9-20-10-8-19)11-17-15-16-5-6-18(15)2/h3-4,13H,5-11H2,1-2H3,(H,16,17). The highest BCUT2D eigenvalue weighted by Crippen LogP contribution is 2.28. The Morgan fingerprint density at radius 1 is 1.33 bits per heavy atom. The lowest BCUT2D eigenvalue weighted by Gasteiger charge is -2.34. The fraction of sp³-hybridized carbons (Fsp3) is 0.667. The molecule has 116 valence electrons. The van der Waals surface area contributed by atoms with Gasteiger partial charge in [0.1, 0.15) is 0 Å². The summed E-state index contributed by atoms with van der Waals surface area (Å²) in [7, 11) is 2.10. The molecule has 3 rings (SSSR count). The minimum atomic E-state index is 0.407. The van der Waals surface area contributed by atoms with E-state index in [4.69, 9.17) is 4.74 Å². The third kappa shape index (κ3) is 3.56. The number of nitrogens with one attached hydrogen (secondary N) is 1. The van der Waals surface area contributed by atoms with Crippen molar-refractivity contribution in [2.24, 2.45) is 4.99 Å². The summed E-state index contributed by atoms with van der Waals surface area (Å²) in [5.74, 6) is 1.03. The lowest BCUT2D eigenvalue weighted by atomic mass is 10.2. The molecule has 0 saturated carbocycles. The zero-order valence-corrected chi connectivity index (χ0v) is 13.7. The smallest absolute Gasteiger partial charge is 0.193 e. The van der Waals surface area contributed by atoms with Crippen molar-refractivity contribution in [2.45, 2.75) is 13.0 Å². The highest BCUT2D eigenvalue weighted by Gasteiger charge is 2.25. The summed E-state index contributed by atoms with van der Waals surface area (Å²) in [5.41, 5.74) is 0. The third-order valence-corrected chi connectivity index (χ3v) is 5.19. The van der Waals surface area contributed by atoms with Gasteiger partial charge in [0.2, 0.25) is 0 Å². The first-order chi connectivity index (χ1) is 10.2. The summed E-state index contributed by atoms with van der Waals surface area (Å²) >= 11 is 1.90. The van der Waals surface area contributed by atoms with Gasteiger partial charge in [0, 0.05) is 43.0 Å². The molecule has 0 bridgehead atoms. The Bertz CT molecular complexity index is 496. The maximum absolute atomic E-state index is 5.50. The fourth-order valence-corrected chi connectivity index (χ4v) is 3.86. The number of hydrogen-bond acceptors (Lipinski definition) is 6. The van der Waals surface area contributed by atoms with Gasteiger partial charge >= 0.3 is 0 Å². The monoisotopic (exact) mass is 308 g/mol. The zero-order chi connectivity index (χ0) is 14.7. The van der Waals surface area contributed by atoms with Crippen molar-refractivity contribution < 1.29 is 4.74 Å². The van der Waals surface area contributed by atoms with E-state index in [2.05, 4.69) is 46.2 Å². The molecule has 1 unspecified atom stereocenters. The molecule has 1 fully saturated rings. The largest absolute Gasteiger partial charge is 0.379 e. The second-order valence-corrected chi connectivity index (χ2v) is 6.94. The lowest BCUT2D eigenvalue weighted by Crippen LogP contribution is -2.45. The number of thiophene rings is 1. The minimum Gasteiger partial charge on any atom is -0.379 e. The average molecular weight is 308 g/mol. The van der Waals surface area contributed by atoms with Crippen molar-refractivity contribution in [3.8, 4) is 0 Å². The second kappa shape index (κ2) is 6.77. The van der Waals surface area contributed by atoms with E-state index in [1.165, 1.54) is 9.75 Å². The Hall–Kier alpha value is -1.11. The molecule has 1 aromatic rings. The normalized spacial score (nSPS) is 21.4. The first kappa shape index (κ1) is 14.8. The van der Waals surface area contributed by atoms with Crippen LogP contribution in [-0.2, 0) is 4.74 Å². The van der Waals surface area contributed by atoms with Crippen LogP contribution in [0.4, 0.5) is 0 Å². The van der Waals surface area contributed by atoms with Gasteiger partial charge in [-0.25, -0.2) is 0 Å². The molecule has 0 aliphatic carbocycles. The third-order valence-electron chi connectivity index (χ3n) is 4.09. The molecule has 1 N–H and O–H groups in total. The van der Waals surface area contributed by atoms with Crippen LogP contribution in [0.15, 0.2) is 17.1 Å². The van der Waals surface area contributed by atoms with Crippen LogP contribution in [0, 0.1) is 6.92 Å². The van der Waals surface area contributed by atoms with Crippen LogP contribution in [-0.4, -0.2) is 68.7 Å². The molecule has 5 nitrogen and oxygen atoms in total. The Kier molecular flexibility index (Phi) is 4.77. The fourth-order valence-electron chi connectivity index (χ4n) is 2.84. The molecular weight excluding hydrogens is 284 g/mol. The molecule has 1 saturated heterocycles. The van der Waals surface area contributed by atoms with E-state index in [9.17, 15) is 0 Å². The van der Waals surface area contributed by atoms with Crippen molar-refractivity contribution in [3.63, 3.8) is 0 Å². The van der Waals surface area contributed by atoms with E-state index in [1.807, 2.05) is 11.3 Å². The van der Waals surface area contributed by atoms with Gasteiger partial charge in [-0.3, -0.25) is 9.89 Å². The second-order valence-electron chi connectivity index (χ2n) is 5.62. The number of ether oxygens (including phenoxy) is 1. The van der Waals surface area contributed by atoms with E-state index in [0.29, 0.717) is 6.04 Å². The highest BCUT2D eigenvalue weighted by molar-refractivity contribution is 7.12. The van der Waals surface area contributed by atoms with Gasteiger partial charge in [-0.2, -0.15) is 0 Å². The van der Waals surface area contributed by atoms with E-state index in [0.717, 1.165) is 51.9 Å². The van der Waals surface area contributed by atoms with Gasteiger partial charge in [-0.15, -0.1) is 11.3 Å². The van der Waals surface area contributed by atoms with E-state index in [-0.39, 0.29) is 0 Å². The number of hydrogen-bond donors (Lipinski definition) is 1. The lowest BCUT2D eigenvalue weighted by molar-refractivity contribution is 0.0176. The predicted octanol–water partition coefficient (Wildman–Crippen LogP) is 1.32. The topological polar surface area (TPSA) is 40.1 Å². The van der Waals surface area contributed by atoms with Crippen LogP contribution in [0.5, 0.6) is 0 Å². The van der Waals surface area contributed by atoms with Gasteiger partial charge < -0.3 is 15.0 Å². The van der Waals surface area contributed by atoms with Crippen molar-refractivity contribution in [1.82, 2.24) is 15.1 Å². The molecule has 0 radical (unpaired) electrons. The SMILES string of the molecule is Cc1ccc(C(CNC2=NCCN2C)N2CCOCC2)s1. The number of guanidine groups is 1. The van der Waals surface area contributed by atoms with E-state index >= 15 is 0 Å². The molecule has 3 heterocycles. The highest BCUT2D eigenvalue weighted by atomic mass is 32.1. The maximum Gasteiger partial charge on any atom is 0.193 e. The van der Waals surface area contributed by atoms with Crippen LogP contribution in [0.2, 0.25) is 0 Å². The number of morpholine rings is 1. The maximum atomic E-state index is 5.50. The Morgan fingerprint density at radius 2 is 2.14 bits per heavy atom. The van der Waals surface area contributed by atoms with Crippen LogP contribution in [0.25, 0.3) is 0 Å². The van der Waals surface area contributed by atoms with Crippen molar-refractivity contribution >= 4 is 17.3 Å². The molecule has 0 spiro atoms. The predicted molar refractivity (Wildman–Crippen MR) is 87.1 cm³/mol. The number of rotatable bonds is 4. The van der Waals surface area contributed by atoms with Crippen molar-refractivity contribution in [3.05, 3.63) is 21.9 Å². The van der Waals surface area contributed by atoms with Crippen LogP contribution < -0.4 is 5.32 Å². The van der Waals surface area contributed by atoms with Crippen molar-refractivity contribution in [2.75, 3.05) is 53.0 Å². The Labute approximate surface area is 130 Å².